The first kappa shape index (κ1) is 37.5. The molecule has 10 nitrogen and oxygen atoms in total. The summed E-state index contributed by atoms with van der Waals surface area (Å²) in [4.78, 5) is 12.1. The molecule has 49 heavy (non-hydrogen) atoms. The van der Waals surface area contributed by atoms with Gasteiger partial charge < -0.3 is 23.3 Å². The van der Waals surface area contributed by atoms with E-state index in [1.165, 1.54) is 0 Å². The third-order valence-electron chi connectivity index (χ3n) is 7.81. The van der Waals surface area contributed by atoms with Crippen LogP contribution in [0.15, 0.2) is 97.1 Å². The summed E-state index contributed by atoms with van der Waals surface area (Å²) in [7, 11) is 1.66. The van der Waals surface area contributed by atoms with Crippen molar-refractivity contribution in [1.82, 2.24) is 4.67 Å². The first-order valence-electron chi connectivity index (χ1n) is 16.1. The predicted molar refractivity (Wildman–Crippen MR) is 190 cm³/mol. The summed E-state index contributed by atoms with van der Waals surface area (Å²) in [5.41, 5.74) is 3.55. The van der Waals surface area contributed by atoms with E-state index < -0.39 is 25.7 Å². The molecule has 0 spiro atoms. The van der Waals surface area contributed by atoms with Crippen molar-refractivity contribution >= 4 is 14.2 Å². The Balaban J connectivity index is 1.73. The maximum absolute atomic E-state index is 12.5. The first-order chi connectivity index (χ1) is 23.7. The molecule has 0 aliphatic heterocycles. The molecule has 11 heteroatoms. The number of benzene rings is 4. The molecule has 0 N–H and O–H groups in total. The molecule has 0 bridgehead atoms. The topological polar surface area (TPSA) is 116 Å². The summed E-state index contributed by atoms with van der Waals surface area (Å²) >= 11 is 0. The van der Waals surface area contributed by atoms with Crippen molar-refractivity contribution in [3.05, 3.63) is 135 Å². The van der Waals surface area contributed by atoms with Gasteiger partial charge in [0.1, 0.15) is 23.7 Å². The minimum absolute atomic E-state index is 0.0397. The number of hydrogen-bond acceptors (Lipinski definition) is 9. The van der Waals surface area contributed by atoms with Crippen molar-refractivity contribution < 1.29 is 28.2 Å². The van der Waals surface area contributed by atoms with Crippen molar-refractivity contribution in [3.63, 3.8) is 0 Å². The smallest absolute Gasteiger partial charge is 0.275 e. The maximum Gasteiger partial charge on any atom is 0.275 e. The summed E-state index contributed by atoms with van der Waals surface area (Å²) in [6, 6.07) is 32.4. The third kappa shape index (κ3) is 10.1. The van der Waals surface area contributed by atoms with Gasteiger partial charge in [-0.15, -0.1) is 0 Å². The lowest BCUT2D eigenvalue weighted by atomic mass is 9.96. The van der Waals surface area contributed by atoms with E-state index in [1.54, 1.807) is 26.4 Å². The van der Waals surface area contributed by atoms with Crippen LogP contribution in [0.1, 0.15) is 74.1 Å². The molecule has 4 aromatic rings. The van der Waals surface area contributed by atoms with Crippen LogP contribution < -0.4 is 9.47 Å². The normalized spacial score (nSPS) is 12.7. The SMILES string of the molecule is COc1ccc(C(OC(c2ccccc2)c2ccc(COP(OCCC#N)N(C(C)C)C(C)C)c([N+](=O)[O-])c2)c2ccc(OC)cc2)cc1. The Morgan fingerprint density at radius 1 is 0.755 bits per heavy atom. The van der Waals surface area contributed by atoms with Crippen LogP contribution in [0.4, 0.5) is 5.69 Å². The van der Waals surface area contributed by atoms with Crippen LogP contribution in [-0.2, 0) is 20.4 Å². The number of methoxy groups -OCH3 is 2. The molecule has 0 fully saturated rings. The van der Waals surface area contributed by atoms with Gasteiger partial charge in [0.2, 0.25) is 0 Å². The fourth-order valence-electron chi connectivity index (χ4n) is 5.49. The average Bonchev–Trinajstić information content (AvgIpc) is 3.11. The van der Waals surface area contributed by atoms with Crippen LogP contribution in [0.5, 0.6) is 11.5 Å². The van der Waals surface area contributed by atoms with E-state index in [1.807, 2.05) is 113 Å². The van der Waals surface area contributed by atoms with Gasteiger partial charge in [-0.3, -0.25) is 10.1 Å². The fourth-order valence-corrected chi connectivity index (χ4v) is 7.09. The van der Waals surface area contributed by atoms with Gasteiger partial charge in [0.05, 0.1) is 50.4 Å². The van der Waals surface area contributed by atoms with Gasteiger partial charge in [-0.05, 0) is 80.3 Å². The van der Waals surface area contributed by atoms with Crippen LogP contribution in [0, 0.1) is 21.4 Å². The van der Waals surface area contributed by atoms with Gasteiger partial charge >= 0.3 is 0 Å². The summed E-state index contributed by atoms with van der Waals surface area (Å²) in [6.45, 7) is 8.33. The molecule has 2 atom stereocenters. The summed E-state index contributed by atoms with van der Waals surface area (Å²) < 4.78 is 32.1. The molecule has 2 unspecified atom stereocenters. The van der Waals surface area contributed by atoms with E-state index in [9.17, 15) is 10.1 Å². The molecule has 0 saturated carbocycles. The minimum atomic E-state index is -1.58. The largest absolute Gasteiger partial charge is 0.497 e. The molecular weight excluding hydrogens is 641 g/mol. The van der Waals surface area contributed by atoms with Crippen LogP contribution >= 0.6 is 8.53 Å². The molecule has 0 aliphatic rings. The molecule has 4 rings (SSSR count). The Labute approximate surface area is 290 Å². The molecule has 0 radical (unpaired) electrons. The van der Waals surface area contributed by atoms with Gasteiger partial charge in [0, 0.05) is 18.2 Å². The van der Waals surface area contributed by atoms with E-state index in [0.717, 1.165) is 16.7 Å². The lowest BCUT2D eigenvalue weighted by molar-refractivity contribution is -0.385. The summed E-state index contributed by atoms with van der Waals surface area (Å²) in [5.74, 6) is 1.43. The Morgan fingerprint density at radius 3 is 1.76 bits per heavy atom. The van der Waals surface area contributed by atoms with E-state index in [2.05, 4.69) is 10.7 Å². The lowest BCUT2D eigenvalue weighted by Gasteiger charge is -2.35. The first-order valence-corrected chi connectivity index (χ1v) is 17.3. The number of rotatable bonds is 18. The van der Waals surface area contributed by atoms with Crippen molar-refractivity contribution in [2.24, 2.45) is 0 Å². The van der Waals surface area contributed by atoms with E-state index in [-0.39, 0.29) is 37.4 Å². The standard InChI is InChI=1S/C38H44N3O7P/c1-27(2)40(28(3)4)49(46-24-10-23-39)47-26-33-14-13-32(25-36(33)41(42)43)38(29-11-8-7-9-12-29)48-37(30-15-19-34(44-5)20-16-30)31-17-21-35(45-6)22-18-31/h7-9,11-22,25,27-28,37-38H,10,24,26H2,1-6H3. The van der Waals surface area contributed by atoms with Crippen molar-refractivity contribution in [2.75, 3.05) is 20.8 Å². The molecule has 0 heterocycles. The molecule has 0 aliphatic carbocycles. The Morgan fingerprint density at radius 2 is 1.27 bits per heavy atom. The number of nitriles is 1. The second-order valence-electron chi connectivity index (χ2n) is 11.8. The van der Waals surface area contributed by atoms with Gasteiger partial charge in [-0.25, -0.2) is 4.67 Å². The number of nitro groups is 1. The monoisotopic (exact) mass is 685 g/mol. The predicted octanol–water partition coefficient (Wildman–Crippen LogP) is 9.30. The van der Waals surface area contributed by atoms with Crippen LogP contribution in [-0.4, -0.2) is 42.5 Å². The molecule has 0 saturated heterocycles. The van der Waals surface area contributed by atoms with Crippen molar-refractivity contribution in [2.45, 2.75) is 65.0 Å². The van der Waals surface area contributed by atoms with Crippen LogP contribution in [0.3, 0.4) is 0 Å². The van der Waals surface area contributed by atoms with E-state index in [4.69, 9.17) is 28.5 Å². The Hall–Kier alpha value is -4.36. The highest BCUT2D eigenvalue weighted by atomic mass is 31.2. The van der Waals surface area contributed by atoms with Crippen LogP contribution in [0.25, 0.3) is 0 Å². The zero-order chi connectivity index (χ0) is 35.3. The van der Waals surface area contributed by atoms with Gasteiger partial charge in [-0.1, -0.05) is 60.7 Å². The number of ether oxygens (including phenoxy) is 3. The average molecular weight is 686 g/mol. The highest BCUT2D eigenvalue weighted by molar-refractivity contribution is 7.44. The zero-order valence-corrected chi connectivity index (χ0v) is 29.7. The molecule has 258 valence electrons. The maximum atomic E-state index is 12.5. The Kier molecular flexibility index (Phi) is 14.1. The molecule has 0 aromatic heterocycles. The zero-order valence-electron chi connectivity index (χ0n) is 28.8. The van der Waals surface area contributed by atoms with Crippen molar-refractivity contribution in [1.29, 1.82) is 5.26 Å². The summed E-state index contributed by atoms with van der Waals surface area (Å²) in [6.07, 6.45) is -0.972. The molecule has 4 aromatic carbocycles. The van der Waals surface area contributed by atoms with Crippen molar-refractivity contribution in [3.8, 4) is 17.6 Å². The highest BCUT2D eigenvalue weighted by Gasteiger charge is 2.30. The Bertz CT molecular complexity index is 1610. The van der Waals surface area contributed by atoms with Gasteiger partial charge in [0.15, 0.2) is 0 Å². The molecule has 0 amide bonds. The number of hydrogen-bond donors (Lipinski definition) is 0. The number of nitro benzene ring substituents is 1. The lowest BCUT2D eigenvalue weighted by Crippen LogP contribution is -2.33. The van der Waals surface area contributed by atoms with E-state index in [0.29, 0.717) is 22.6 Å². The van der Waals surface area contributed by atoms with Gasteiger partial charge in [0.25, 0.3) is 14.2 Å². The second-order valence-corrected chi connectivity index (χ2v) is 13.3. The van der Waals surface area contributed by atoms with Gasteiger partial charge in [-0.2, -0.15) is 5.26 Å². The fraction of sp³-hybridized carbons (Fsp3) is 0.342. The second kappa shape index (κ2) is 18.4. The quantitative estimate of drug-likeness (QED) is 0.0437. The minimum Gasteiger partial charge on any atom is -0.497 e. The molecular formula is C38H44N3O7P. The van der Waals surface area contributed by atoms with Crippen LogP contribution in [0.2, 0.25) is 0 Å². The highest BCUT2D eigenvalue weighted by Crippen LogP contribution is 2.47. The number of nitrogens with zero attached hydrogens (tertiary/aromatic N) is 3. The summed E-state index contributed by atoms with van der Waals surface area (Å²) in [5, 5.41) is 21.6. The third-order valence-corrected chi connectivity index (χ3v) is 9.87. The van der Waals surface area contributed by atoms with E-state index >= 15 is 0 Å².